The Kier molecular flexibility index (Phi) is 4.14. The summed E-state index contributed by atoms with van der Waals surface area (Å²) in [4.78, 5) is 0. The molecule has 0 aliphatic heterocycles. The monoisotopic (exact) mass is 101 g/mol. The topological polar surface area (TPSA) is 40.5 Å². The Hall–Kier alpha value is -0.0151. The smallest absolute Gasteiger partial charge is 0.427 e. The van der Waals surface area contributed by atoms with Crippen LogP contribution in [0.25, 0.3) is 0 Å². The first kappa shape index (κ1) is 6.98. The molecule has 41 valence electrons. The molecule has 3 heteroatoms. The highest BCUT2D eigenvalue weighted by Gasteiger charge is 2.02. The maximum absolute atomic E-state index is 8.21. The molecule has 2 N–H and O–H groups in total. The number of hydrogen-bond donors (Lipinski definition) is 2. The van der Waals surface area contributed by atoms with Gasteiger partial charge in [-0.1, -0.05) is 19.8 Å². The van der Waals surface area contributed by atoms with Gasteiger partial charge in [0.25, 0.3) is 0 Å². The van der Waals surface area contributed by atoms with Crippen molar-refractivity contribution in [3.05, 3.63) is 6.92 Å². The average Bonchev–Trinajstić information content (AvgIpc) is 1.61. The SMILES string of the molecule is [CH2]CCCB(O)O. The molecule has 0 amide bonds. The highest BCUT2D eigenvalue weighted by Crippen LogP contribution is 1.94. The molecular formula is C4H10BO2. The Morgan fingerprint density at radius 2 is 2.00 bits per heavy atom. The van der Waals surface area contributed by atoms with Gasteiger partial charge in [-0.05, 0) is 6.32 Å². The predicted molar refractivity (Wildman–Crippen MR) is 29.6 cm³/mol. The van der Waals surface area contributed by atoms with Crippen LogP contribution in [0.4, 0.5) is 0 Å². The fraction of sp³-hybridized carbons (Fsp3) is 0.750. The summed E-state index contributed by atoms with van der Waals surface area (Å²) >= 11 is 0. The molecule has 0 aromatic carbocycles. The normalized spacial score (nSPS) is 9.00. The van der Waals surface area contributed by atoms with Crippen molar-refractivity contribution in [3.63, 3.8) is 0 Å². The van der Waals surface area contributed by atoms with Crippen LogP contribution in [-0.2, 0) is 0 Å². The van der Waals surface area contributed by atoms with E-state index in [0.29, 0.717) is 6.32 Å². The van der Waals surface area contributed by atoms with E-state index in [4.69, 9.17) is 10.0 Å². The number of rotatable bonds is 3. The molecule has 1 radical (unpaired) electrons. The second-order valence-electron chi connectivity index (χ2n) is 1.48. The summed E-state index contributed by atoms with van der Waals surface area (Å²) in [5.74, 6) is 0. The minimum Gasteiger partial charge on any atom is -0.427 e. The van der Waals surface area contributed by atoms with E-state index in [-0.39, 0.29) is 0 Å². The van der Waals surface area contributed by atoms with Crippen LogP contribution in [-0.4, -0.2) is 17.2 Å². The molecule has 0 aromatic heterocycles. The first-order valence-electron chi connectivity index (χ1n) is 2.42. The predicted octanol–water partition coefficient (Wildman–Crippen LogP) is 0.0735. The van der Waals surface area contributed by atoms with E-state index < -0.39 is 7.12 Å². The van der Waals surface area contributed by atoms with Gasteiger partial charge in [-0.2, -0.15) is 0 Å². The van der Waals surface area contributed by atoms with Crippen molar-refractivity contribution in [2.24, 2.45) is 0 Å². The standard InChI is InChI=1S/C4H10BO2/c1-2-3-4-5(6)7/h6-7H,1-4H2. The third-order valence-corrected chi connectivity index (χ3v) is 0.712. The van der Waals surface area contributed by atoms with E-state index in [9.17, 15) is 0 Å². The zero-order valence-electron chi connectivity index (χ0n) is 4.30. The lowest BCUT2D eigenvalue weighted by Crippen LogP contribution is -2.08. The van der Waals surface area contributed by atoms with Crippen molar-refractivity contribution in [3.8, 4) is 0 Å². The fourth-order valence-electron chi connectivity index (χ4n) is 0.327. The van der Waals surface area contributed by atoms with Crippen LogP contribution in [0.5, 0.6) is 0 Å². The van der Waals surface area contributed by atoms with Gasteiger partial charge >= 0.3 is 7.12 Å². The average molecular weight is 101 g/mol. The number of unbranched alkanes of at least 4 members (excludes halogenated alkanes) is 1. The largest absolute Gasteiger partial charge is 0.451 e. The van der Waals surface area contributed by atoms with Gasteiger partial charge in [0, 0.05) is 0 Å². The van der Waals surface area contributed by atoms with Crippen LogP contribution in [0.2, 0.25) is 6.32 Å². The van der Waals surface area contributed by atoms with Crippen LogP contribution in [0.1, 0.15) is 12.8 Å². The lowest BCUT2D eigenvalue weighted by Gasteiger charge is -1.91. The van der Waals surface area contributed by atoms with Gasteiger partial charge in [0.15, 0.2) is 0 Å². The molecule has 0 spiro atoms. The molecule has 0 aromatic rings. The van der Waals surface area contributed by atoms with E-state index in [1.165, 1.54) is 0 Å². The molecule has 0 atom stereocenters. The van der Waals surface area contributed by atoms with Crippen molar-refractivity contribution in [1.82, 2.24) is 0 Å². The van der Waals surface area contributed by atoms with Crippen LogP contribution in [0.3, 0.4) is 0 Å². The third kappa shape index (κ3) is 5.98. The lowest BCUT2D eigenvalue weighted by molar-refractivity contribution is 0.403. The van der Waals surface area contributed by atoms with Gasteiger partial charge in [-0.3, -0.25) is 0 Å². The molecule has 2 nitrogen and oxygen atoms in total. The van der Waals surface area contributed by atoms with E-state index >= 15 is 0 Å². The third-order valence-electron chi connectivity index (χ3n) is 0.712. The van der Waals surface area contributed by atoms with Gasteiger partial charge in [0.05, 0.1) is 0 Å². The Balaban J connectivity index is 2.68. The summed E-state index contributed by atoms with van der Waals surface area (Å²) < 4.78 is 0. The molecule has 0 heterocycles. The summed E-state index contributed by atoms with van der Waals surface area (Å²) in [7, 11) is -1.14. The molecule has 0 saturated carbocycles. The van der Waals surface area contributed by atoms with Crippen molar-refractivity contribution < 1.29 is 10.0 Å². The van der Waals surface area contributed by atoms with Crippen molar-refractivity contribution >= 4 is 7.12 Å². The van der Waals surface area contributed by atoms with Gasteiger partial charge in [-0.15, -0.1) is 0 Å². The molecule has 0 aliphatic carbocycles. The maximum atomic E-state index is 8.21. The van der Waals surface area contributed by atoms with Crippen LogP contribution < -0.4 is 0 Å². The molecule has 0 fully saturated rings. The molecular weight excluding hydrogens is 90.9 g/mol. The molecule has 0 aliphatic rings. The lowest BCUT2D eigenvalue weighted by atomic mass is 9.84. The van der Waals surface area contributed by atoms with Crippen LogP contribution in [0.15, 0.2) is 0 Å². The summed E-state index contributed by atoms with van der Waals surface area (Å²) in [5.41, 5.74) is 0. The van der Waals surface area contributed by atoms with Crippen LogP contribution in [0, 0.1) is 6.92 Å². The second-order valence-corrected chi connectivity index (χ2v) is 1.48. The molecule has 7 heavy (non-hydrogen) atoms. The highest BCUT2D eigenvalue weighted by atomic mass is 16.4. The maximum Gasteiger partial charge on any atom is 0.451 e. The van der Waals surface area contributed by atoms with E-state index in [1.807, 2.05) is 0 Å². The first-order valence-corrected chi connectivity index (χ1v) is 2.42. The van der Waals surface area contributed by atoms with Gasteiger partial charge in [-0.25, -0.2) is 0 Å². The summed E-state index contributed by atoms with van der Waals surface area (Å²) in [6, 6.07) is 0. The second kappa shape index (κ2) is 4.15. The first-order chi connectivity index (χ1) is 3.27. The Morgan fingerprint density at radius 3 is 2.14 bits per heavy atom. The van der Waals surface area contributed by atoms with E-state index in [2.05, 4.69) is 6.92 Å². The molecule has 0 saturated heterocycles. The summed E-state index contributed by atoms with van der Waals surface area (Å²) in [5, 5.41) is 16.4. The van der Waals surface area contributed by atoms with Gasteiger partial charge in [0.1, 0.15) is 0 Å². The van der Waals surface area contributed by atoms with Crippen molar-refractivity contribution in [1.29, 1.82) is 0 Å². The molecule has 0 rings (SSSR count). The Labute approximate surface area is 44.3 Å². The van der Waals surface area contributed by atoms with Gasteiger partial charge in [0.2, 0.25) is 0 Å². The highest BCUT2D eigenvalue weighted by molar-refractivity contribution is 6.40. The zero-order chi connectivity index (χ0) is 5.70. The summed E-state index contributed by atoms with van der Waals surface area (Å²) in [6.45, 7) is 3.54. The Morgan fingerprint density at radius 1 is 1.43 bits per heavy atom. The number of hydrogen-bond acceptors (Lipinski definition) is 2. The van der Waals surface area contributed by atoms with E-state index in [0.717, 1.165) is 12.8 Å². The molecule has 0 bridgehead atoms. The van der Waals surface area contributed by atoms with Crippen molar-refractivity contribution in [2.45, 2.75) is 19.2 Å². The zero-order valence-corrected chi connectivity index (χ0v) is 4.30. The van der Waals surface area contributed by atoms with Crippen LogP contribution >= 0.6 is 0 Å². The quantitative estimate of drug-likeness (QED) is 0.494. The van der Waals surface area contributed by atoms with E-state index in [1.54, 1.807) is 0 Å². The fourth-order valence-corrected chi connectivity index (χ4v) is 0.327. The van der Waals surface area contributed by atoms with Crippen molar-refractivity contribution in [2.75, 3.05) is 0 Å². The minimum absolute atomic E-state index is 0.448. The minimum atomic E-state index is -1.14. The Bertz CT molecular complexity index is 38.7. The molecule has 0 unspecified atom stereocenters. The summed E-state index contributed by atoms with van der Waals surface area (Å²) in [6.07, 6.45) is 2.01. The van der Waals surface area contributed by atoms with Gasteiger partial charge < -0.3 is 10.0 Å².